The molecule has 0 aliphatic carbocycles. The van der Waals surface area contributed by atoms with Crippen molar-refractivity contribution in [3.63, 3.8) is 0 Å². The monoisotopic (exact) mass is 141 g/mol. The Morgan fingerprint density at radius 2 is 2.56 bits per heavy atom. The van der Waals surface area contributed by atoms with Gasteiger partial charge in [0.25, 0.3) is 0 Å². The summed E-state index contributed by atoms with van der Waals surface area (Å²) in [6, 6.07) is 0.450. The van der Waals surface area contributed by atoms with E-state index in [4.69, 9.17) is 0 Å². The summed E-state index contributed by atoms with van der Waals surface area (Å²) < 4.78 is 0. The second-order valence-electron chi connectivity index (χ2n) is 2.07. The van der Waals surface area contributed by atoms with E-state index in [1.807, 2.05) is 0 Å². The number of rotatable bonds is 1. The Labute approximate surface area is 60.3 Å². The minimum Gasteiger partial charge on any atom is -0.275 e. The molecule has 1 heterocycles. The first-order chi connectivity index (χ1) is 4.33. The second kappa shape index (κ2) is 3.06. The van der Waals surface area contributed by atoms with Gasteiger partial charge in [0.05, 0.1) is 11.1 Å². The third-order valence-electron chi connectivity index (χ3n) is 1.31. The Balaban J connectivity index is 2.55. The molecule has 1 unspecified atom stereocenters. The summed E-state index contributed by atoms with van der Waals surface area (Å²) in [5.41, 5.74) is 0. The van der Waals surface area contributed by atoms with Gasteiger partial charge in [-0.1, -0.05) is 24.8 Å². The van der Waals surface area contributed by atoms with E-state index in [9.17, 15) is 0 Å². The van der Waals surface area contributed by atoms with Crippen LogP contribution in [0.4, 0.5) is 0 Å². The van der Waals surface area contributed by atoms with Gasteiger partial charge in [-0.25, -0.2) is 0 Å². The first-order valence-corrected chi connectivity index (χ1v) is 4.08. The number of hydrogen-bond donors (Lipinski definition) is 0. The number of hydrogen-bond acceptors (Lipinski definition) is 2. The van der Waals surface area contributed by atoms with E-state index in [2.05, 4.69) is 30.3 Å². The van der Waals surface area contributed by atoms with Crippen LogP contribution in [-0.2, 0) is 0 Å². The van der Waals surface area contributed by atoms with Crippen LogP contribution < -0.4 is 0 Å². The standard InChI is InChI=1S/C7H11NS/c1-3-7-4-5-9-6(2)8-7/h4-5,7H,3H2,1-2H3. The smallest absolute Gasteiger partial charge is 0.0694 e. The zero-order valence-corrected chi connectivity index (χ0v) is 6.61. The average molecular weight is 141 g/mol. The predicted molar refractivity (Wildman–Crippen MR) is 43.9 cm³/mol. The summed E-state index contributed by atoms with van der Waals surface area (Å²) in [5, 5.41) is 3.31. The van der Waals surface area contributed by atoms with Gasteiger partial charge >= 0.3 is 0 Å². The van der Waals surface area contributed by atoms with Gasteiger partial charge in [-0.3, -0.25) is 4.99 Å². The Hall–Kier alpha value is -0.240. The Morgan fingerprint density at radius 3 is 3.00 bits per heavy atom. The Morgan fingerprint density at radius 1 is 1.78 bits per heavy atom. The molecule has 0 saturated heterocycles. The van der Waals surface area contributed by atoms with Crippen molar-refractivity contribution in [2.24, 2.45) is 4.99 Å². The Kier molecular flexibility index (Phi) is 2.34. The first kappa shape index (κ1) is 6.87. The van der Waals surface area contributed by atoms with Crippen LogP contribution in [0.5, 0.6) is 0 Å². The number of aliphatic imine (C=N–C) groups is 1. The molecule has 0 amide bonds. The molecule has 0 N–H and O–H groups in total. The van der Waals surface area contributed by atoms with Gasteiger partial charge in [-0.15, -0.1) is 0 Å². The lowest BCUT2D eigenvalue weighted by Gasteiger charge is -2.09. The molecule has 0 fully saturated rings. The topological polar surface area (TPSA) is 12.4 Å². The van der Waals surface area contributed by atoms with Crippen LogP contribution in [0.15, 0.2) is 16.5 Å². The second-order valence-corrected chi connectivity index (χ2v) is 3.17. The summed E-state index contributed by atoms with van der Waals surface area (Å²) in [7, 11) is 0. The molecule has 1 aliphatic rings. The van der Waals surface area contributed by atoms with E-state index in [0.29, 0.717) is 6.04 Å². The molecule has 9 heavy (non-hydrogen) atoms. The maximum atomic E-state index is 4.39. The summed E-state index contributed by atoms with van der Waals surface area (Å²) in [4.78, 5) is 4.39. The minimum absolute atomic E-state index is 0.450. The molecular formula is C7H11NS. The molecule has 0 radical (unpaired) electrons. The molecule has 1 nitrogen and oxygen atoms in total. The average Bonchev–Trinajstić information content (AvgIpc) is 1.88. The fourth-order valence-corrected chi connectivity index (χ4v) is 1.42. The van der Waals surface area contributed by atoms with Crippen molar-refractivity contribution in [2.75, 3.05) is 0 Å². The van der Waals surface area contributed by atoms with Crippen molar-refractivity contribution in [3.8, 4) is 0 Å². The largest absolute Gasteiger partial charge is 0.275 e. The van der Waals surface area contributed by atoms with Gasteiger partial charge in [-0.05, 0) is 18.8 Å². The molecule has 0 spiro atoms. The molecule has 50 valence electrons. The third-order valence-corrected chi connectivity index (χ3v) is 2.04. The van der Waals surface area contributed by atoms with Crippen LogP contribution in [0.25, 0.3) is 0 Å². The zero-order chi connectivity index (χ0) is 6.69. The highest BCUT2D eigenvalue weighted by Gasteiger charge is 2.03. The normalized spacial score (nSPS) is 26.0. The lowest BCUT2D eigenvalue weighted by atomic mass is 10.2. The summed E-state index contributed by atoms with van der Waals surface area (Å²) in [6.07, 6.45) is 3.27. The number of nitrogens with zero attached hydrogens (tertiary/aromatic N) is 1. The molecule has 0 aromatic carbocycles. The van der Waals surface area contributed by atoms with Crippen LogP contribution in [0.1, 0.15) is 20.3 Å². The van der Waals surface area contributed by atoms with Gasteiger partial charge in [0.15, 0.2) is 0 Å². The molecule has 0 bridgehead atoms. The Bertz CT molecular complexity index is 149. The fraction of sp³-hybridized carbons (Fsp3) is 0.571. The summed E-state index contributed by atoms with van der Waals surface area (Å²) in [6.45, 7) is 4.21. The number of thioether (sulfide) groups is 1. The molecule has 0 aromatic heterocycles. The molecule has 0 saturated carbocycles. The van der Waals surface area contributed by atoms with Crippen LogP contribution >= 0.6 is 11.8 Å². The van der Waals surface area contributed by atoms with E-state index in [1.165, 1.54) is 5.04 Å². The maximum absolute atomic E-state index is 4.39. The van der Waals surface area contributed by atoms with Crippen molar-refractivity contribution in [1.29, 1.82) is 0 Å². The van der Waals surface area contributed by atoms with Gasteiger partial charge < -0.3 is 0 Å². The van der Waals surface area contributed by atoms with Gasteiger partial charge in [-0.2, -0.15) is 0 Å². The summed E-state index contributed by atoms with van der Waals surface area (Å²) in [5.74, 6) is 0. The van der Waals surface area contributed by atoms with Crippen LogP contribution in [0.2, 0.25) is 0 Å². The first-order valence-electron chi connectivity index (χ1n) is 3.20. The van der Waals surface area contributed by atoms with E-state index in [-0.39, 0.29) is 0 Å². The van der Waals surface area contributed by atoms with E-state index in [1.54, 1.807) is 11.8 Å². The lowest BCUT2D eigenvalue weighted by molar-refractivity contribution is 0.786. The van der Waals surface area contributed by atoms with Crippen molar-refractivity contribution < 1.29 is 0 Å². The van der Waals surface area contributed by atoms with Gasteiger partial charge in [0.2, 0.25) is 0 Å². The maximum Gasteiger partial charge on any atom is 0.0694 e. The predicted octanol–water partition coefficient (Wildman–Crippen LogP) is 2.44. The zero-order valence-electron chi connectivity index (χ0n) is 5.79. The molecule has 1 rings (SSSR count). The van der Waals surface area contributed by atoms with Crippen molar-refractivity contribution in [1.82, 2.24) is 0 Å². The quantitative estimate of drug-likeness (QED) is 0.546. The van der Waals surface area contributed by atoms with Crippen molar-refractivity contribution >= 4 is 16.8 Å². The highest BCUT2D eigenvalue weighted by molar-refractivity contribution is 8.16. The van der Waals surface area contributed by atoms with E-state index < -0.39 is 0 Å². The van der Waals surface area contributed by atoms with Gasteiger partial charge in [0, 0.05) is 0 Å². The van der Waals surface area contributed by atoms with Crippen LogP contribution in [0.3, 0.4) is 0 Å². The summed E-state index contributed by atoms with van der Waals surface area (Å²) >= 11 is 1.71. The van der Waals surface area contributed by atoms with Gasteiger partial charge in [0.1, 0.15) is 0 Å². The molecule has 2 heteroatoms. The highest BCUT2D eigenvalue weighted by atomic mass is 32.2. The fourth-order valence-electron chi connectivity index (χ4n) is 0.763. The third kappa shape index (κ3) is 1.86. The van der Waals surface area contributed by atoms with Crippen molar-refractivity contribution in [2.45, 2.75) is 26.3 Å². The molecule has 0 aromatic rings. The van der Waals surface area contributed by atoms with E-state index in [0.717, 1.165) is 6.42 Å². The van der Waals surface area contributed by atoms with Crippen LogP contribution in [-0.4, -0.2) is 11.1 Å². The minimum atomic E-state index is 0.450. The molecule has 1 aliphatic heterocycles. The van der Waals surface area contributed by atoms with Crippen molar-refractivity contribution in [3.05, 3.63) is 11.5 Å². The molecular weight excluding hydrogens is 130 g/mol. The van der Waals surface area contributed by atoms with E-state index >= 15 is 0 Å². The van der Waals surface area contributed by atoms with Crippen LogP contribution in [0, 0.1) is 0 Å². The lowest BCUT2D eigenvalue weighted by Crippen LogP contribution is -2.03. The molecule has 1 atom stereocenters. The highest BCUT2D eigenvalue weighted by Crippen LogP contribution is 2.15. The SMILES string of the molecule is CCC1C=CSC(C)=N1.